The van der Waals surface area contributed by atoms with Crippen molar-refractivity contribution in [1.29, 1.82) is 0 Å². The molecule has 2 heteroatoms. The van der Waals surface area contributed by atoms with Gasteiger partial charge in [-0.1, -0.05) is 30.7 Å². The summed E-state index contributed by atoms with van der Waals surface area (Å²) in [6.07, 6.45) is 4.21. The van der Waals surface area contributed by atoms with Crippen LogP contribution in [0.1, 0.15) is 42.5 Å². The van der Waals surface area contributed by atoms with Crippen molar-refractivity contribution in [2.45, 2.75) is 39.7 Å². The van der Waals surface area contributed by atoms with Gasteiger partial charge in [0.05, 0.1) is 18.9 Å². The highest BCUT2D eigenvalue weighted by Crippen LogP contribution is 2.30. The lowest BCUT2D eigenvalue weighted by molar-refractivity contribution is 0.219. The summed E-state index contributed by atoms with van der Waals surface area (Å²) in [4.78, 5) is 0. The quantitative estimate of drug-likeness (QED) is 0.874. The van der Waals surface area contributed by atoms with Crippen molar-refractivity contribution in [3.05, 3.63) is 46.7 Å². The van der Waals surface area contributed by atoms with E-state index in [-0.39, 0.29) is 0 Å². The summed E-state index contributed by atoms with van der Waals surface area (Å²) < 4.78 is 5.50. The van der Waals surface area contributed by atoms with E-state index in [1.54, 1.807) is 0 Å². The molecule has 1 aliphatic rings. The number of rotatable bonds is 4. The Bertz CT molecular complexity index is 437. The topological polar surface area (TPSA) is 21.3 Å². The standard InChI is InChI=1S/C16H23NO/c1-4-17-16(14-6-5-9-18-11-14)15-10-12(2)7-8-13(15)3/h7-8,10-11,16-17H,4-6,9H2,1-3H3. The third-order valence-corrected chi connectivity index (χ3v) is 3.49. The Balaban J connectivity index is 2.34. The number of ether oxygens (including phenoxy) is 1. The lowest BCUT2D eigenvalue weighted by atomic mass is 9.91. The summed E-state index contributed by atoms with van der Waals surface area (Å²) in [5.41, 5.74) is 5.42. The van der Waals surface area contributed by atoms with Crippen LogP contribution in [0.3, 0.4) is 0 Å². The number of hydrogen-bond donors (Lipinski definition) is 1. The van der Waals surface area contributed by atoms with Gasteiger partial charge in [0.2, 0.25) is 0 Å². The lowest BCUT2D eigenvalue weighted by Gasteiger charge is -2.26. The highest BCUT2D eigenvalue weighted by Gasteiger charge is 2.19. The summed E-state index contributed by atoms with van der Waals surface area (Å²) in [6.45, 7) is 8.31. The van der Waals surface area contributed by atoms with Crippen LogP contribution in [0.4, 0.5) is 0 Å². The maximum atomic E-state index is 5.50. The van der Waals surface area contributed by atoms with Crippen LogP contribution in [0.2, 0.25) is 0 Å². The Morgan fingerprint density at radius 1 is 1.33 bits per heavy atom. The number of benzene rings is 1. The van der Waals surface area contributed by atoms with Gasteiger partial charge in [0, 0.05) is 0 Å². The molecule has 1 aromatic rings. The number of nitrogens with one attached hydrogen (secondary N) is 1. The van der Waals surface area contributed by atoms with Crippen LogP contribution in [0, 0.1) is 13.8 Å². The first-order valence-electron chi connectivity index (χ1n) is 6.83. The maximum Gasteiger partial charge on any atom is 0.0876 e. The van der Waals surface area contributed by atoms with Crippen LogP contribution in [-0.4, -0.2) is 13.2 Å². The molecule has 1 N–H and O–H groups in total. The van der Waals surface area contributed by atoms with E-state index < -0.39 is 0 Å². The van der Waals surface area contributed by atoms with Crippen LogP contribution >= 0.6 is 0 Å². The molecule has 18 heavy (non-hydrogen) atoms. The molecule has 1 unspecified atom stereocenters. The molecular weight excluding hydrogens is 222 g/mol. The van der Waals surface area contributed by atoms with Gasteiger partial charge in [0.15, 0.2) is 0 Å². The zero-order valence-electron chi connectivity index (χ0n) is 11.6. The minimum atomic E-state index is 0.301. The SMILES string of the molecule is CCNC(C1=COCCC1)c1cc(C)ccc1C. The van der Waals surface area contributed by atoms with Crippen LogP contribution in [0.15, 0.2) is 30.0 Å². The molecule has 1 atom stereocenters. The molecule has 0 amide bonds. The van der Waals surface area contributed by atoms with E-state index in [9.17, 15) is 0 Å². The van der Waals surface area contributed by atoms with E-state index in [1.165, 1.54) is 22.3 Å². The Kier molecular flexibility index (Phi) is 4.43. The van der Waals surface area contributed by atoms with Crippen LogP contribution in [0.25, 0.3) is 0 Å². The number of hydrogen-bond acceptors (Lipinski definition) is 2. The van der Waals surface area contributed by atoms with Gasteiger partial charge < -0.3 is 10.1 Å². The van der Waals surface area contributed by atoms with Gasteiger partial charge in [-0.15, -0.1) is 0 Å². The van der Waals surface area contributed by atoms with Crippen molar-refractivity contribution >= 4 is 0 Å². The van der Waals surface area contributed by atoms with Crippen LogP contribution in [-0.2, 0) is 4.74 Å². The van der Waals surface area contributed by atoms with E-state index in [0.717, 1.165) is 26.0 Å². The lowest BCUT2D eigenvalue weighted by Crippen LogP contribution is -2.25. The van der Waals surface area contributed by atoms with Gasteiger partial charge in [-0.05, 0) is 49.9 Å². The van der Waals surface area contributed by atoms with Gasteiger partial charge in [0.1, 0.15) is 0 Å². The van der Waals surface area contributed by atoms with Crippen molar-refractivity contribution in [1.82, 2.24) is 5.32 Å². The summed E-state index contributed by atoms with van der Waals surface area (Å²) in [5.74, 6) is 0. The average molecular weight is 245 g/mol. The molecule has 0 fully saturated rings. The third kappa shape index (κ3) is 2.94. The normalized spacial score (nSPS) is 16.9. The van der Waals surface area contributed by atoms with Crippen molar-refractivity contribution in [2.24, 2.45) is 0 Å². The molecule has 0 saturated heterocycles. The Morgan fingerprint density at radius 3 is 2.83 bits per heavy atom. The summed E-state index contributed by atoms with van der Waals surface area (Å²) in [6, 6.07) is 6.97. The van der Waals surface area contributed by atoms with E-state index >= 15 is 0 Å². The van der Waals surface area contributed by atoms with E-state index in [2.05, 4.69) is 44.3 Å². The molecule has 0 spiro atoms. The van der Waals surface area contributed by atoms with Crippen molar-refractivity contribution in [3.8, 4) is 0 Å². The molecule has 98 valence electrons. The third-order valence-electron chi connectivity index (χ3n) is 3.49. The van der Waals surface area contributed by atoms with Gasteiger partial charge >= 0.3 is 0 Å². The van der Waals surface area contributed by atoms with Crippen LogP contribution in [0.5, 0.6) is 0 Å². The first-order valence-corrected chi connectivity index (χ1v) is 6.83. The van der Waals surface area contributed by atoms with Gasteiger partial charge in [-0.3, -0.25) is 0 Å². The molecule has 0 aromatic heterocycles. The molecule has 1 aromatic carbocycles. The second kappa shape index (κ2) is 6.05. The highest BCUT2D eigenvalue weighted by atomic mass is 16.5. The molecule has 0 bridgehead atoms. The minimum absolute atomic E-state index is 0.301. The van der Waals surface area contributed by atoms with Crippen LogP contribution < -0.4 is 5.32 Å². The summed E-state index contributed by atoms with van der Waals surface area (Å²) in [7, 11) is 0. The molecule has 2 nitrogen and oxygen atoms in total. The zero-order chi connectivity index (χ0) is 13.0. The van der Waals surface area contributed by atoms with E-state index in [1.807, 2.05) is 6.26 Å². The van der Waals surface area contributed by atoms with Gasteiger partial charge in [-0.25, -0.2) is 0 Å². The van der Waals surface area contributed by atoms with E-state index in [0.29, 0.717) is 6.04 Å². The second-order valence-corrected chi connectivity index (χ2v) is 5.02. The van der Waals surface area contributed by atoms with Crippen molar-refractivity contribution in [3.63, 3.8) is 0 Å². The molecule has 0 saturated carbocycles. The molecule has 2 rings (SSSR count). The van der Waals surface area contributed by atoms with Crippen molar-refractivity contribution < 1.29 is 4.74 Å². The summed E-state index contributed by atoms with van der Waals surface area (Å²) in [5, 5.41) is 3.59. The Labute approximate surface area is 110 Å². The number of aryl methyl sites for hydroxylation is 2. The zero-order valence-corrected chi connectivity index (χ0v) is 11.6. The summed E-state index contributed by atoms with van der Waals surface area (Å²) >= 11 is 0. The Morgan fingerprint density at radius 2 is 2.17 bits per heavy atom. The fourth-order valence-electron chi connectivity index (χ4n) is 2.51. The molecule has 1 aliphatic heterocycles. The minimum Gasteiger partial charge on any atom is -0.501 e. The monoisotopic (exact) mass is 245 g/mol. The fourth-order valence-corrected chi connectivity index (χ4v) is 2.51. The molecule has 0 radical (unpaired) electrons. The fraction of sp³-hybridized carbons (Fsp3) is 0.500. The number of likely N-dealkylation sites (N-methyl/N-ethyl adjacent to an activating group) is 1. The van der Waals surface area contributed by atoms with Gasteiger partial charge in [-0.2, -0.15) is 0 Å². The molecule has 1 heterocycles. The average Bonchev–Trinajstić information content (AvgIpc) is 2.40. The molecular formula is C16H23NO. The van der Waals surface area contributed by atoms with Gasteiger partial charge in [0.25, 0.3) is 0 Å². The molecule has 0 aliphatic carbocycles. The first kappa shape index (κ1) is 13.2. The second-order valence-electron chi connectivity index (χ2n) is 5.02. The van der Waals surface area contributed by atoms with Crippen molar-refractivity contribution in [2.75, 3.05) is 13.2 Å². The predicted molar refractivity (Wildman–Crippen MR) is 75.6 cm³/mol. The first-order chi connectivity index (χ1) is 8.72. The predicted octanol–water partition coefficient (Wildman–Crippen LogP) is 3.65. The van der Waals surface area contributed by atoms with E-state index in [4.69, 9.17) is 4.74 Å². The maximum absolute atomic E-state index is 5.50. The smallest absolute Gasteiger partial charge is 0.0876 e. The Hall–Kier alpha value is -1.28. The highest BCUT2D eigenvalue weighted by molar-refractivity contribution is 5.37. The largest absolute Gasteiger partial charge is 0.501 e.